The standard InChI is InChI=1S/C16H8BrF2NO2/c17-9-2-4-14-10(6-9)11(16(21)22)7-15(20-14)8-1-3-12(18)13(19)5-8/h1-7H,(H,21,22). The molecule has 0 saturated heterocycles. The minimum atomic E-state index is -1.12. The number of rotatable bonds is 2. The average molecular weight is 364 g/mol. The maximum absolute atomic E-state index is 13.4. The van der Waals surface area contributed by atoms with Gasteiger partial charge in [0.1, 0.15) is 0 Å². The Hall–Kier alpha value is -2.34. The number of fused-ring (bicyclic) bond motifs is 1. The molecule has 0 aliphatic rings. The summed E-state index contributed by atoms with van der Waals surface area (Å²) in [7, 11) is 0. The van der Waals surface area contributed by atoms with Gasteiger partial charge < -0.3 is 5.11 Å². The maximum Gasteiger partial charge on any atom is 0.336 e. The van der Waals surface area contributed by atoms with E-state index < -0.39 is 17.6 Å². The molecule has 0 radical (unpaired) electrons. The summed E-state index contributed by atoms with van der Waals surface area (Å²) >= 11 is 3.28. The van der Waals surface area contributed by atoms with Crippen LogP contribution < -0.4 is 0 Å². The lowest BCUT2D eigenvalue weighted by atomic mass is 10.0. The van der Waals surface area contributed by atoms with Crippen LogP contribution in [0.5, 0.6) is 0 Å². The second kappa shape index (κ2) is 5.46. The van der Waals surface area contributed by atoms with Crippen LogP contribution in [0.3, 0.4) is 0 Å². The summed E-state index contributed by atoms with van der Waals surface area (Å²) in [5.74, 6) is -3.09. The largest absolute Gasteiger partial charge is 0.478 e. The first kappa shape index (κ1) is 14.6. The number of carboxylic acids is 1. The number of carbonyl (C=O) groups is 1. The zero-order chi connectivity index (χ0) is 15.9. The molecule has 0 spiro atoms. The van der Waals surface area contributed by atoms with Crippen LogP contribution >= 0.6 is 15.9 Å². The van der Waals surface area contributed by atoms with Crippen molar-refractivity contribution in [3.63, 3.8) is 0 Å². The number of nitrogens with zero attached hydrogens (tertiary/aromatic N) is 1. The molecule has 6 heteroatoms. The number of pyridine rings is 1. The van der Waals surface area contributed by atoms with Gasteiger partial charge in [0.2, 0.25) is 0 Å². The van der Waals surface area contributed by atoms with E-state index in [0.29, 0.717) is 16.5 Å². The quantitative estimate of drug-likeness (QED) is 0.721. The number of carboxylic acid groups (broad SMARTS) is 1. The van der Waals surface area contributed by atoms with Gasteiger partial charge >= 0.3 is 5.97 Å². The van der Waals surface area contributed by atoms with E-state index in [0.717, 1.165) is 16.6 Å². The molecule has 0 atom stereocenters. The minimum Gasteiger partial charge on any atom is -0.478 e. The summed E-state index contributed by atoms with van der Waals surface area (Å²) in [4.78, 5) is 15.8. The van der Waals surface area contributed by atoms with E-state index in [-0.39, 0.29) is 11.3 Å². The molecule has 3 rings (SSSR count). The van der Waals surface area contributed by atoms with E-state index in [1.54, 1.807) is 18.2 Å². The highest BCUT2D eigenvalue weighted by molar-refractivity contribution is 9.10. The summed E-state index contributed by atoms with van der Waals surface area (Å²) < 4.78 is 27.1. The van der Waals surface area contributed by atoms with Crippen LogP contribution in [0.25, 0.3) is 22.2 Å². The molecule has 1 N–H and O–H groups in total. The molecule has 2 aromatic carbocycles. The lowest BCUT2D eigenvalue weighted by molar-refractivity contribution is 0.0699. The SMILES string of the molecule is O=C(O)c1cc(-c2ccc(F)c(F)c2)nc2ccc(Br)cc12. The molecule has 22 heavy (non-hydrogen) atoms. The van der Waals surface area contributed by atoms with Gasteiger partial charge in [-0.3, -0.25) is 0 Å². The smallest absolute Gasteiger partial charge is 0.336 e. The molecule has 0 unspecified atom stereocenters. The molecule has 1 aromatic heterocycles. The Balaban J connectivity index is 2.29. The van der Waals surface area contributed by atoms with Crippen molar-refractivity contribution in [2.45, 2.75) is 0 Å². The topological polar surface area (TPSA) is 50.2 Å². The third kappa shape index (κ3) is 2.57. The highest BCUT2D eigenvalue weighted by Gasteiger charge is 2.14. The molecular weight excluding hydrogens is 356 g/mol. The van der Waals surface area contributed by atoms with Gasteiger partial charge in [-0.2, -0.15) is 0 Å². The van der Waals surface area contributed by atoms with Gasteiger partial charge in [0.05, 0.1) is 16.8 Å². The van der Waals surface area contributed by atoms with Crippen LogP contribution in [0, 0.1) is 11.6 Å². The summed E-state index contributed by atoms with van der Waals surface area (Å²) in [6.07, 6.45) is 0. The van der Waals surface area contributed by atoms with E-state index in [4.69, 9.17) is 0 Å². The lowest BCUT2D eigenvalue weighted by Crippen LogP contribution is -2.00. The Labute approximate surface area is 132 Å². The van der Waals surface area contributed by atoms with Crippen molar-refractivity contribution >= 4 is 32.8 Å². The van der Waals surface area contributed by atoms with Crippen molar-refractivity contribution in [1.29, 1.82) is 0 Å². The predicted octanol–water partition coefficient (Wildman–Crippen LogP) is 4.64. The van der Waals surface area contributed by atoms with Crippen LogP contribution in [0.15, 0.2) is 46.9 Å². The van der Waals surface area contributed by atoms with Gasteiger partial charge in [-0.25, -0.2) is 18.6 Å². The summed E-state index contributed by atoms with van der Waals surface area (Å²) in [6, 6.07) is 9.74. The van der Waals surface area contributed by atoms with Crippen molar-refractivity contribution in [3.8, 4) is 11.3 Å². The second-order valence-electron chi connectivity index (χ2n) is 4.65. The molecule has 1 heterocycles. The van der Waals surface area contributed by atoms with Crippen molar-refractivity contribution in [3.05, 3.63) is 64.1 Å². The zero-order valence-corrected chi connectivity index (χ0v) is 12.6. The number of hydrogen-bond donors (Lipinski definition) is 1. The van der Waals surface area contributed by atoms with Gasteiger partial charge in [0.15, 0.2) is 11.6 Å². The van der Waals surface area contributed by atoms with Gasteiger partial charge in [-0.05, 0) is 42.5 Å². The monoisotopic (exact) mass is 363 g/mol. The summed E-state index contributed by atoms with van der Waals surface area (Å²) in [5, 5.41) is 9.83. The zero-order valence-electron chi connectivity index (χ0n) is 11.0. The minimum absolute atomic E-state index is 0.0473. The third-order valence-corrected chi connectivity index (χ3v) is 3.71. The predicted molar refractivity (Wildman–Crippen MR) is 81.8 cm³/mol. The Bertz CT molecular complexity index is 912. The molecular formula is C16H8BrF2NO2. The normalized spacial score (nSPS) is 10.9. The van der Waals surface area contributed by atoms with E-state index in [1.165, 1.54) is 12.1 Å². The van der Waals surface area contributed by atoms with Crippen LogP contribution in [-0.2, 0) is 0 Å². The molecule has 0 amide bonds. The Morgan fingerprint density at radius 1 is 1.05 bits per heavy atom. The van der Waals surface area contributed by atoms with Crippen molar-refractivity contribution < 1.29 is 18.7 Å². The highest BCUT2D eigenvalue weighted by Crippen LogP contribution is 2.28. The summed E-state index contributed by atoms with van der Waals surface area (Å²) in [6.45, 7) is 0. The molecule has 0 aliphatic carbocycles. The first-order chi connectivity index (χ1) is 10.5. The number of halogens is 3. The second-order valence-corrected chi connectivity index (χ2v) is 5.57. The fourth-order valence-corrected chi connectivity index (χ4v) is 2.54. The molecule has 0 saturated carbocycles. The molecule has 110 valence electrons. The lowest BCUT2D eigenvalue weighted by Gasteiger charge is -2.08. The van der Waals surface area contributed by atoms with Crippen LogP contribution in [0.1, 0.15) is 10.4 Å². The number of aromatic nitrogens is 1. The fourth-order valence-electron chi connectivity index (χ4n) is 2.18. The van der Waals surface area contributed by atoms with Crippen molar-refractivity contribution in [2.24, 2.45) is 0 Å². The Morgan fingerprint density at radius 3 is 2.50 bits per heavy atom. The third-order valence-electron chi connectivity index (χ3n) is 3.22. The van der Waals surface area contributed by atoms with E-state index in [2.05, 4.69) is 20.9 Å². The average Bonchev–Trinajstić information content (AvgIpc) is 2.48. The number of benzene rings is 2. The van der Waals surface area contributed by atoms with Gasteiger partial charge in [0.25, 0.3) is 0 Å². The van der Waals surface area contributed by atoms with Crippen LogP contribution in [-0.4, -0.2) is 16.1 Å². The van der Waals surface area contributed by atoms with Gasteiger partial charge in [-0.1, -0.05) is 15.9 Å². The summed E-state index contributed by atoms with van der Waals surface area (Å²) in [5.41, 5.74) is 1.09. The Morgan fingerprint density at radius 2 is 1.82 bits per heavy atom. The number of hydrogen-bond acceptors (Lipinski definition) is 2. The first-order valence-electron chi connectivity index (χ1n) is 6.25. The molecule has 0 fully saturated rings. The molecule has 0 aliphatic heterocycles. The van der Waals surface area contributed by atoms with Crippen LogP contribution in [0.4, 0.5) is 8.78 Å². The van der Waals surface area contributed by atoms with Crippen molar-refractivity contribution in [2.75, 3.05) is 0 Å². The van der Waals surface area contributed by atoms with Crippen LogP contribution in [0.2, 0.25) is 0 Å². The number of aromatic carboxylic acids is 1. The van der Waals surface area contributed by atoms with E-state index in [1.807, 2.05) is 0 Å². The molecule has 0 bridgehead atoms. The maximum atomic E-state index is 13.4. The molecule has 3 nitrogen and oxygen atoms in total. The Kier molecular flexibility index (Phi) is 3.62. The van der Waals surface area contributed by atoms with Gasteiger partial charge in [0, 0.05) is 15.4 Å². The van der Waals surface area contributed by atoms with E-state index >= 15 is 0 Å². The molecule has 3 aromatic rings. The van der Waals surface area contributed by atoms with E-state index in [9.17, 15) is 18.7 Å². The first-order valence-corrected chi connectivity index (χ1v) is 7.04. The highest BCUT2D eigenvalue weighted by atomic mass is 79.9. The van der Waals surface area contributed by atoms with Gasteiger partial charge in [-0.15, -0.1) is 0 Å². The van der Waals surface area contributed by atoms with Crippen molar-refractivity contribution in [1.82, 2.24) is 4.98 Å². The fraction of sp³-hybridized carbons (Fsp3) is 0.